The van der Waals surface area contributed by atoms with Crippen molar-refractivity contribution in [3.63, 3.8) is 0 Å². The molecule has 0 fully saturated rings. The highest BCUT2D eigenvalue weighted by atomic mass is 19.1. The Morgan fingerprint density at radius 3 is 1.76 bits per heavy atom. The van der Waals surface area contributed by atoms with Crippen molar-refractivity contribution >= 4 is 0 Å². The number of benzene rings is 5. The van der Waals surface area contributed by atoms with Crippen molar-refractivity contribution in [1.29, 1.82) is 0 Å². The summed E-state index contributed by atoms with van der Waals surface area (Å²) in [5, 5.41) is 11.1. The second-order valence-electron chi connectivity index (χ2n) is 10.2. The summed E-state index contributed by atoms with van der Waals surface area (Å²) in [5.41, 5.74) is 4.24. The Kier molecular flexibility index (Phi) is 8.33. The topological polar surface area (TPSA) is 57.2 Å². The van der Waals surface area contributed by atoms with E-state index < -0.39 is 18.0 Å². The number of hydrogen-bond donors (Lipinski definition) is 1. The number of halogens is 1. The van der Waals surface area contributed by atoms with E-state index in [9.17, 15) is 5.11 Å². The second-order valence-corrected chi connectivity index (χ2v) is 10.2. The molecule has 1 aliphatic rings. The molecule has 0 saturated carbocycles. The van der Waals surface area contributed by atoms with Crippen molar-refractivity contribution in [2.75, 3.05) is 0 Å². The van der Waals surface area contributed by atoms with Gasteiger partial charge in [-0.2, -0.15) is 0 Å². The van der Waals surface area contributed by atoms with Crippen LogP contribution in [0.2, 0.25) is 0 Å². The van der Waals surface area contributed by atoms with Gasteiger partial charge in [0.15, 0.2) is 11.6 Å². The van der Waals surface area contributed by atoms with Crippen LogP contribution >= 0.6 is 0 Å². The lowest BCUT2D eigenvalue weighted by atomic mass is 9.94. The van der Waals surface area contributed by atoms with Crippen LogP contribution in [-0.4, -0.2) is 11.2 Å². The first kappa shape index (κ1) is 27.4. The molecule has 0 spiro atoms. The second kappa shape index (κ2) is 12.8. The van der Waals surface area contributed by atoms with E-state index in [4.69, 9.17) is 18.9 Å². The Morgan fingerprint density at radius 1 is 0.643 bits per heavy atom. The fourth-order valence-electron chi connectivity index (χ4n) is 4.96. The van der Waals surface area contributed by atoms with E-state index in [0.29, 0.717) is 36.0 Å². The Hall–Kier alpha value is -4.81. The van der Waals surface area contributed by atoms with Crippen molar-refractivity contribution in [2.45, 2.75) is 38.4 Å². The molecule has 6 rings (SSSR count). The molecule has 5 aromatic carbocycles. The molecule has 0 bridgehead atoms. The summed E-state index contributed by atoms with van der Waals surface area (Å²) in [7, 11) is 0. The fourth-order valence-corrected chi connectivity index (χ4v) is 4.96. The average Bonchev–Trinajstić information content (AvgIpc) is 3.03. The zero-order chi connectivity index (χ0) is 28.7. The first-order chi connectivity index (χ1) is 20.6. The van der Waals surface area contributed by atoms with Crippen molar-refractivity contribution in [2.24, 2.45) is 0 Å². The molecule has 6 heteroatoms. The van der Waals surface area contributed by atoms with Crippen molar-refractivity contribution in [3.05, 3.63) is 155 Å². The van der Waals surface area contributed by atoms with E-state index in [1.165, 1.54) is 6.07 Å². The molecular formula is C36H31FO5. The molecule has 1 aliphatic heterocycles. The molecule has 0 aromatic heterocycles. The van der Waals surface area contributed by atoms with Gasteiger partial charge in [0, 0.05) is 24.1 Å². The van der Waals surface area contributed by atoms with Gasteiger partial charge < -0.3 is 24.1 Å². The lowest BCUT2D eigenvalue weighted by Crippen LogP contribution is -2.30. The maximum absolute atomic E-state index is 15.1. The minimum Gasteiger partial charge on any atom is -0.489 e. The highest BCUT2D eigenvalue weighted by Crippen LogP contribution is 2.43. The van der Waals surface area contributed by atoms with Crippen molar-refractivity contribution < 1.29 is 28.4 Å². The lowest BCUT2D eigenvalue weighted by molar-refractivity contribution is 0.0192. The predicted molar refractivity (Wildman–Crippen MR) is 158 cm³/mol. The number of fused-ring (bicyclic) bond motifs is 1. The van der Waals surface area contributed by atoms with Gasteiger partial charge in [-0.1, -0.05) is 97.1 Å². The van der Waals surface area contributed by atoms with Crippen LogP contribution in [0, 0.1) is 5.82 Å². The summed E-state index contributed by atoms with van der Waals surface area (Å²) in [6, 6.07) is 37.6. The molecule has 0 unspecified atom stereocenters. The van der Waals surface area contributed by atoms with Crippen LogP contribution in [0.15, 0.2) is 121 Å². The van der Waals surface area contributed by atoms with Crippen LogP contribution in [0.25, 0.3) is 0 Å². The number of rotatable bonds is 10. The van der Waals surface area contributed by atoms with E-state index in [1.807, 2.05) is 97.1 Å². The van der Waals surface area contributed by atoms with Crippen LogP contribution in [0.3, 0.4) is 0 Å². The minimum atomic E-state index is -0.914. The first-order valence-corrected chi connectivity index (χ1v) is 13.9. The van der Waals surface area contributed by atoms with Gasteiger partial charge in [-0.15, -0.1) is 0 Å². The fraction of sp³-hybridized carbons (Fsp3) is 0.167. The van der Waals surface area contributed by atoms with E-state index in [2.05, 4.69) is 0 Å². The van der Waals surface area contributed by atoms with Crippen LogP contribution < -0.4 is 18.9 Å². The summed E-state index contributed by atoms with van der Waals surface area (Å²) >= 11 is 0. The normalized spacial score (nSPS) is 15.8. The number of aliphatic hydroxyl groups is 1. The molecule has 0 amide bonds. The van der Waals surface area contributed by atoms with E-state index in [0.717, 1.165) is 22.3 Å². The third-order valence-corrected chi connectivity index (χ3v) is 7.17. The summed E-state index contributed by atoms with van der Waals surface area (Å²) in [5.74, 6) is 1.31. The van der Waals surface area contributed by atoms with Gasteiger partial charge in [0.05, 0.1) is 6.10 Å². The van der Waals surface area contributed by atoms with Gasteiger partial charge in [0.25, 0.3) is 0 Å². The predicted octanol–water partition coefficient (Wildman–Crippen LogP) is 7.60. The molecule has 1 N–H and O–H groups in total. The molecule has 0 saturated heterocycles. The molecule has 2 atom stereocenters. The van der Waals surface area contributed by atoms with Crippen LogP contribution in [0.5, 0.6) is 23.0 Å². The first-order valence-electron chi connectivity index (χ1n) is 13.9. The number of hydrogen-bond acceptors (Lipinski definition) is 5. The Balaban J connectivity index is 1.23. The van der Waals surface area contributed by atoms with Gasteiger partial charge in [-0.3, -0.25) is 0 Å². The number of ether oxygens (including phenoxy) is 4. The number of aliphatic hydroxyl groups excluding tert-OH is 1. The standard InChI is InChI=1S/C36H31FO5/c37-31-18-28(16-17-33(31)40-23-26-12-6-2-7-13-26)36-32(38)21-30-34(41-24-27-14-8-3-9-15-27)19-29(20-35(30)42-36)39-22-25-10-4-1-5-11-25/h1-20,32,36,38H,21-24H2/t32-,36-/m1/s1. The third kappa shape index (κ3) is 6.56. The maximum atomic E-state index is 15.1. The lowest BCUT2D eigenvalue weighted by Gasteiger charge is -2.32. The van der Waals surface area contributed by atoms with E-state index in [-0.39, 0.29) is 18.8 Å². The van der Waals surface area contributed by atoms with Gasteiger partial charge in [0.1, 0.15) is 43.2 Å². The summed E-state index contributed by atoms with van der Waals surface area (Å²) < 4.78 is 39.4. The zero-order valence-corrected chi connectivity index (χ0v) is 23.0. The van der Waals surface area contributed by atoms with Crippen molar-refractivity contribution in [3.8, 4) is 23.0 Å². The Bertz CT molecular complexity index is 1610. The van der Waals surface area contributed by atoms with Gasteiger partial charge in [-0.25, -0.2) is 4.39 Å². The highest BCUT2D eigenvalue weighted by Gasteiger charge is 2.33. The molecule has 0 aliphatic carbocycles. The minimum absolute atomic E-state index is 0.140. The summed E-state index contributed by atoms with van der Waals surface area (Å²) in [6.07, 6.45) is -1.42. The Morgan fingerprint density at radius 2 is 1.19 bits per heavy atom. The third-order valence-electron chi connectivity index (χ3n) is 7.17. The highest BCUT2D eigenvalue weighted by molar-refractivity contribution is 5.53. The maximum Gasteiger partial charge on any atom is 0.165 e. The monoisotopic (exact) mass is 562 g/mol. The molecule has 0 radical (unpaired) electrons. The molecule has 5 aromatic rings. The van der Waals surface area contributed by atoms with Gasteiger partial charge in [-0.05, 0) is 34.4 Å². The van der Waals surface area contributed by atoms with Crippen LogP contribution in [0.4, 0.5) is 4.39 Å². The van der Waals surface area contributed by atoms with Crippen LogP contribution in [0.1, 0.15) is 33.9 Å². The van der Waals surface area contributed by atoms with E-state index in [1.54, 1.807) is 18.2 Å². The largest absolute Gasteiger partial charge is 0.489 e. The molecular weight excluding hydrogens is 531 g/mol. The zero-order valence-electron chi connectivity index (χ0n) is 23.0. The van der Waals surface area contributed by atoms with Gasteiger partial charge >= 0.3 is 0 Å². The molecule has 42 heavy (non-hydrogen) atoms. The van der Waals surface area contributed by atoms with Crippen molar-refractivity contribution in [1.82, 2.24) is 0 Å². The SMILES string of the molecule is O[C@@H]1Cc2c(OCc3ccccc3)cc(OCc3ccccc3)cc2O[C@@H]1c1ccc(OCc2ccccc2)c(F)c1. The Labute approximate surface area is 244 Å². The van der Waals surface area contributed by atoms with Gasteiger partial charge in [0.2, 0.25) is 0 Å². The molecule has 212 valence electrons. The van der Waals surface area contributed by atoms with Crippen LogP contribution in [-0.2, 0) is 26.2 Å². The smallest absolute Gasteiger partial charge is 0.165 e. The summed E-state index contributed by atoms with van der Waals surface area (Å²) in [4.78, 5) is 0. The average molecular weight is 563 g/mol. The summed E-state index contributed by atoms with van der Waals surface area (Å²) in [6.45, 7) is 0.981. The molecule has 5 nitrogen and oxygen atoms in total. The quantitative estimate of drug-likeness (QED) is 0.190. The van der Waals surface area contributed by atoms with E-state index >= 15 is 4.39 Å². The molecule has 1 heterocycles.